The molecule has 0 radical (unpaired) electrons. The number of hydrogen-bond donors (Lipinski definition) is 1. The second-order valence-electron chi connectivity index (χ2n) is 7.51. The number of carbonyl (C=O) groups is 2. The van der Waals surface area contributed by atoms with Crippen LogP contribution in [0, 0.1) is 16.7 Å². The number of hydrogen-bond acceptors (Lipinski definition) is 5. The highest BCUT2D eigenvalue weighted by molar-refractivity contribution is 6.30. The molecular weight excluding hydrogens is 354 g/mol. The third kappa shape index (κ3) is 3.40. The van der Waals surface area contributed by atoms with E-state index in [4.69, 9.17) is 26.5 Å². The predicted molar refractivity (Wildman–Crippen MR) is 98.2 cm³/mol. The minimum Gasteiger partial charge on any atom is -0.465 e. The molecule has 0 saturated carbocycles. The van der Waals surface area contributed by atoms with Gasteiger partial charge in [0.2, 0.25) is 5.90 Å². The quantitative estimate of drug-likeness (QED) is 0.801. The first-order chi connectivity index (χ1) is 12.2. The molecule has 6 heteroatoms. The number of ether oxygens (including phenoxy) is 2. The summed E-state index contributed by atoms with van der Waals surface area (Å²) in [5.41, 5.74) is 0.941. The molecule has 3 rings (SSSR count). The zero-order valence-corrected chi connectivity index (χ0v) is 15.9. The van der Waals surface area contributed by atoms with Crippen molar-refractivity contribution >= 4 is 29.3 Å². The number of rotatable bonds is 3. The van der Waals surface area contributed by atoms with E-state index in [1.807, 2.05) is 19.9 Å². The van der Waals surface area contributed by atoms with Crippen molar-refractivity contribution in [3.8, 4) is 0 Å². The Morgan fingerprint density at radius 3 is 2.77 bits per heavy atom. The standard InChI is InChI=1S/C20H22ClNO4/c1-4-25-19(24)17-15(11-6-5-7-12(21)8-11)16-13(23)9-20(2,3)10-14(16)26-18(17)22/h5-8,15,17,22H,4,9-10H2,1-3H3. The first kappa shape index (κ1) is 18.6. The summed E-state index contributed by atoms with van der Waals surface area (Å²) < 4.78 is 10.8. The Morgan fingerprint density at radius 2 is 2.12 bits per heavy atom. The van der Waals surface area contributed by atoms with Crippen LogP contribution in [0.4, 0.5) is 0 Å². The monoisotopic (exact) mass is 375 g/mol. The van der Waals surface area contributed by atoms with Gasteiger partial charge in [-0.25, -0.2) is 0 Å². The van der Waals surface area contributed by atoms with Crippen LogP contribution in [0.1, 0.15) is 45.1 Å². The number of esters is 1. The fourth-order valence-corrected chi connectivity index (χ4v) is 3.96. The van der Waals surface area contributed by atoms with E-state index < -0.39 is 17.8 Å². The lowest BCUT2D eigenvalue weighted by atomic mass is 9.68. The van der Waals surface area contributed by atoms with Crippen LogP contribution in [0.3, 0.4) is 0 Å². The second-order valence-corrected chi connectivity index (χ2v) is 7.94. The van der Waals surface area contributed by atoms with Crippen molar-refractivity contribution in [2.24, 2.45) is 11.3 Å². The van der Waals surface area contributed by atoms with Gasteiger partial charge in [0, 0.05) is 29.4 Å². The van der Waals surface area contributed by atoms with Gasteiger partial charge < -0.3 is 9.47 Å². The van der Waals surface area contributed by atoms with E-state index in [0.717, 1.165) is 0 Å². The lowest BCUT2D eigenvalue weighted by Crippen LogP contribution is -2.42. The molecule has 0 spiro atoms. The van der Waals surface area contributed by atoms with Crippen molar-refractivity contribution in [2.45, 2.75) is 39.5 Å². The van der Waals surface area contributed by atoms with Gasteiger partial charge >= 0.3 is 5.97 Å². The largest absolute Gasteiger partial charge is 0.465 e. The fourth-order valence-electron chi connectivity index (χ4n) is 3.76. The minimum absolute atomic E-state index is 0.0528. The summed E-state index contributed by atoms with van der Waals surface area (Å²) in [5.74, 6) is -1.92. The molecule has 1 aliphatic heterocycles. The summed E-state index contributed by atoms with van der Waals surface area (Å²) in [6.45, 7) is 5.89. The maximum absolute atomic E-state index is 13.0. The van der Waals surface area contributed by atoms with E-state index in [0.29, 0.717) is 34.8 Å². The lowest BCUT2D eigenvalue weighted by Gasteiger charge is -2.40. The first-order valence-electron chi connectivity index (χ1n) is 8.68. The molecule has 0 aromatic heterocycles. The van der Waals surface area contributed by atoms with Crippen LogP contribution in [0.25, 0.3) is 0 Å². The molecule has 1 aliphatic carbocycles. The Labute approximate surface area is 157 Å². The van der Waals surface area contributed by atoms with Crippen molar-refractivity contribution < 1.29 is 19.1 Å². The number of nitrogens with one attached hydrogen (secondary N) is 1. The average molecular weight is 376 g/mol. The molecule has 0 fully saturated rings. The number of halogens is 1. The van der Waals surface area contributed by atoms with E-state index in [2.05, 4.69) is 0 Å². The third-order valence-electron chi connectivity index (χ3n) is 4.79. The zero-order chi connectivity index (χ0) is 19.1. The maximum atomic E-state index is 13.0. The number of allylic oxidation sites excluding steroid dienone is 2. The van der Waals surface area contributed by atoms with Gasteiger partial charge in [0.15, 0.2) is 5.78 Å². The molecule has 1 N–H and O–H groups in total. The van der Waals surface area contributed by atoms with Crippen LogP contribution in [0.2, 0.25) is 5.02 Å². The molecular formula is C20H22ClNO4. The van der Waals surface area contributed by atoms with E-state index in [-0.39, 0.29) is 23.7 Å². The van der Waals surface area contributed by atoms with Gasteiger partial charge in [-0.1, -0.05) is 37.6 Å². The highest BCUT2D eigenvalue weighted by Crippen LogP contribution is 2.48. The third-order valence-corrected chi connectivity index (χ3v) is 5.02. The maximum Gasteiger partial charge on any atom is 0.319 e. The SMILES string of the molecule is CCOC(=O)C1C(=N)OC2=C(C(=O)CC(C)(C)C2)C1c1cccc(Cl)c1. The van der Waals surface area contributed by atoms with Gasteiger partial charge in [-0.3, -0.25) is 15.0 Å². The topological polar surface area (TPSA) is 76.5 Å². The van der Waals surface area contributed by atoms with Crippen molar-refractivity contribution in [3.63, 3.8) is 0 Å². The molecule has 2 atom stereocenters. The number of carbonyl (C=O) groups excluding carboxylic acids is 2. The van der Waals surface area contributed by atoms with Crippen molar-refractivity contribution in [3.05, 3.63) is 46.2 Å². The summed E-state index contributed by atoms with van der Waals surface area (Å²) in [5, 5.41) is 8.81. The van der Waals surface area contributed by atoms with E-state index >= 15 is 0 Å². The summed E-state index contributed by atoms with van der Waals surface area (Å²) >= 11 is 6.14. The van der Waals surface area contributed by atoms with Crippen LogP contribution in [-0.2, 0) is 19.1 Å². The first-order valence-corrected chi connectivity index (χ1v) is 9.06. The fraction of sp³-hybridized carbons (Fsp3) is 0.450. The molecule has 1 heterocycles. The van der Waals surface area contributed by atoms with Gasteiger partial charge in [-0.15, -0.1) is 0 Å². The molecule has 1 aromatic carbocycles. The van der Waals surface area contributed by atoms with Crippen molar-refractivity contribution in [1.82, 2.24) is 0 Å². The Morgan fingerprint density at radius 1 is 1.38 bits per heavy atom. The molecule has 26 heavy (non-hydrogen) atoms. The number of Topliss-reactive ketones (excluding diaryl/α,β-unsaturated/α-hetero) is 1. The molecule has 5 nitrogen and oxygen atoms in total. The van der Waals surface area contributed by atoms with Crippen molar-refractivity contribution in [2.75, 3.05) is 6.61 Å². The van der Waals surface area contributed by atoms with E-state index in [9.17, 15) is 9.59 Å². The predicted octanol–water partition coefficient (Wildman–Crippen LogP) is 4.25. The summed E-state index contributed by atoms with van der Waals surface area (Å²) in [6.07, 6.45) is 0.915. The van der Waals surface area contributed by atoms with Crippen LogP contribution >= 0.6 is 11.6 Å². The molecule has 2 unspecified atom stereocenters. The Hall–Kier alpha value is -2.14. The number of benzene rings is 1. The molecule has 0 saturated heterocycles. The van der Waals surface area contributed by atoms with Gasteiger partial charge in [-0.05, 0) is 30.0 Å². The molecule has 138 valence electrons. The van der Waals surface area contributed by atoms with Gasteiger partial charge in [-0.2, -0.15) is 0 Å². The average Bonchev–Trinajstić information content (AvgIpc) is 2.52. The smallest absolute Gasteiger partial charge is 0.319 e. The summed E-state index contributed by atoms with van der Waals surface area (Å²) in [6, 6.07) is 7.06. The molecule has 0 bridgehead atoms. The summed E-state index contributed by atoms with van der Waals surface area (Å²) in [7, 11) is 0. The van der Waals surface area contributed by atoms with Gasteiger partial charge in [0.1, 0.15) is 11.7 Å². The highest BCUT2D eigenvalue weighted by atomic mass is 35.5. The zero-order valence-electron chi connectivity index (χ0n) is 15.1. The molecule has 2 aliphatic rings. The Balaban J connectivity index is 2.17. The Kier molecular flexibility index (Phi) is 4.93. The highest BCUT2D eigenvalue weighted by Gasteiger charge is 2.49. The van der Waals surface area contributed by atoms with Gasteiger partial charge in [0.05, 0.1) is 6.61 Å². The van der Waals surface area contributed by atoms with Crippen LogP contribution < -0.4 is 0 Å². The second kappa shape index (κ2) is 6.88. The van der Waals surface area contributed by atoms with E-state index in [1.165, 1.54) is 0 Å². The van der Waals surface area contributed by atoms with Crippen LogP contribution in [0.15, 0.2) is 35.6 Å². The Bertz CT molecular complexity index is 812. The summed E-state index contributed by atoms with van der Waals surface area (Å²) in [4.78, 5) is 25.5. The number of ketones is 1. The normalized spacial score (nSPS) is 24.8. The molecule has 1 aromatic rings. The molecule has 0 amide bonds. The van der Waals surface area contributed by atoms with Crippen molar-refractivity contribution in [1.29, 1.82) is 5.41 Å². The van der Waals surface area contributed by atoms with Crippen LogP contribution in [-0.4, -0.2) is 24.3 Å². The van der Waals surface area contributed by atoms with Gasteiger partial charge in [0.25, 0.3) is 0 Å². The minimum atomic E-state index is -0.989. The van der Waals surface area contributed by atoms with Crippen LogP contribution in [0.5, 0.6) is 0 Å². The lowest BCUT2D eigenvalue weighted by molar-refractivity contribution is -0.146. The van der Waals surface area contributed by atoms with E-state index in [1.54, 1.807) is 25.1 Å².